The van der Waals surface area contributed by atoms with Crippen molar-refractivity contribution in [2.45, 2.75) is 49.2 Å². The van der Waals surface area contributed by atoms with Crippen LogP contribution < -0.4 is 15.4 Å². The number of allylic oxidation sites excluding steroid dienone is 1. The first-order chi connectivity index (χ1) is 22.4. The van der Waals surface area contributed by atoms with Crippen molar-refractivity contribution in [1.29, 1.82) is 0 Å². The van der Waals surface area contributed by atoms with Gasteiger partial charge in [-0.25, -0.2) is 22.6 Å². The molecule has 4 atom stereocenters. The smallest absolute Gasteiger partial charge is 0.496 e. The Kier molecular flexibility index (Phi) is 9.12. The molecule has 2 aliphatic carbocycles. The fourth-order valence-electron chi connectivity index (χ4n) is 5.87. The van der Waals surface area contributed by atoms with Crippen molar-refractivity contribution in [2.24, 2.45) is 17.8 Å². The van der Waals surface area contributed by atoms with E-state index in [1.54, 1.807) is 20.8 Å². The maximum atomic E-state index is 15.3. The molecule has 5 rings (SSSR count). The number of fused-ring (bicyclic) bond motifs is 2. The zero-order valence-corrected chi connectivity index (χ0v) is 26.9. The Morgan fingerprint density at radius 3 is 2.35 bits per heavy atom. The molecule has 0 saturated heterocycles. The Morgan fingerprint density at radius 1 is 0.979 bits per heavy atom. The Balaban J connectivity index is 1.40. The normalized spacial score (nSPS) is 20.3. The van der Waals surface area contributed by atoms with E-state index in [0.29, 0.717) is 6.42 Å². The topological polar surface area (TPSA) is 141 Å². The molecule has 48 heavy (non-hydrogen) atoms. The number of pyridine rings is 1. The van der Waals surface area contributed by atoms with Gasteiger partial charge in [0.25, 0.3) is 15.7 Å². The molecule has 3 aromatic rings. The van der Waals surface area contributed by atoms with Crippen LogP contribution >= 0.6 is 0 Å². The maximum Gasteiger partial charge on any atom is 0.501 e. The van der Waals surface area contributed by atoms with Gasteiger partial charge in [0.05, 0.1) is 23.5 Å². The van der Waals surface area contributed by atoms with E-state index in [4.69, 9.17) is 9.47 Å². The zero-order chi connectivity index (χ0) is 35.2. The van der Waals surface area contributed by atoms with Crippen LogP contribution in [0.25, 0.3) is 11.1 Å². The Labute approximate surface area is 273 Å². The highest BCUT2D eigenvalue weighted by Gasteiger charge is 2.49. The lowest BCUT2D eigenvalue weighted by Gasteiger charge is -2.28. The number of hydrogen-bond acceptors (Lipinski definition) is 8. The van der Waals surface area contributed by atoms with Gasteiger partial charge in [-0.15, -0.1) is 0 Å². The molecule has 1 saturated carbocycles. The van der Waals surface area contributed by atoms with E-state index in [1.165, 1.54) is 37.6 Å². The number of sulfone groups is 1. The first kappa shape index (κ1) is 34.5. The monoisotopic (exact) mass is 689 g/mol. The van der Waals surface area contributed by atoms with Crippen LogP contribution in [-0.2, 0) is 19.4 Å². The molecule has 1 aromatic heterocycles. The summed E-state index contributed by atoms with van der Waals surface area (Å²) in [5, 5.41) is 5.33. The molecule has 254 valence electrons. The van der Waals surface area contributed by atoms with Gasteiger partial charge in [0, 0.05) is 29.6 Å². The number of amides is 2. The third-order valence-electron chi connectivity index (χ3n) is 7.99. The molecule has 2 aliphatic rings. The van der Waals surface area contributed by atoms with Gasteiger partial charge >= 0.3 is 11.5 Å². The minimum absolute atomic E-state index is 0.0380. The molecular formula is C33H31F4N3O7S. The number of nitrogens with zero attached hydrogens (tertiary/aromatic N) is 1. The van der Waals surface area contributed by atoms with Crippen LogP contribution in [0.2, 0.25) is 0 Å². The first-order valence-corrected chi connectivity index (χ1v) is 16.2. The van der Waals surface area contributed by atoms with Gasteiger partial charge in [-0.2, -0.15) is 13.2 Å². The second-order valence-corrected chi connectivity index (χ2v) is 14.3. The van der Waals surface area contributed by atoms with E-state index in [2.05, 4.69) is 15.6 Å². The minimum atomic E-state index is -5.65. The number of alkyl halides is 3. The van der Waals surface area contributed by atoms with Crippen molar-refractivity contribution in [3.63, 3.8) is 0 Å². The van der Waals surface area contributed by atoms with Crippen LogP contribution in [0, 0.1) is 23.6 Å². The van der Waals surface area contributed by atoms with Crippen LogP contribution in [0.15, 0.2) is 71.8 Å². The molecule has 0 radical (unpaired) electrons. The number of anilines is 1. The van der Waals surface area contributed by atoms with Gasteiger partial charge in [-0.1, -0.05) is 18.2 Å². The van der Waals surface area contributed by atoms with Crippen molar-refractivity contribution < 1.29 is 49.8 Å². The number of carbonyl (C=O) groups is 3. The SMILES string of the molecule is COc1cc(F)c(-c2ccnc(C(=O)OC(C)(C)C)c2)cc1C(=O)N[C@H]1[C@@H](C(=O)Nc2cccc(S(=O)(=O)C(F)(F)F)c2)[C@@H]2C=C[C@H]1C2. The number of hydrogen-bond donors (Lipinski definition) is 2. The van der Waals surface area contributed by atoms with Crippen LogP contribution in [0.4, 0.5) is 23.2 Å². The summed E-state index contributed by atoms with van der Waals surface area (Å²) in [5.41, 5.74) is -6.45. The fraction of sp³-hybridized carbons (Fsp3) is 0.333. The average Bonchev–Trinajstić information content (AvgIpc) is 3.62. The molecule has 1 fully saturated rings. The van der Waals surface area contributed by atoms with Crippen molar-refractivity contribution in [1.82, 2.24) is 10.3 Å². The number of nitrogens with one attached hydrogen (secondary N) is 2. The molecule has 2 aromatic carbocycles. The van der Waals surface area contributed by atoms with E-state index in [-0.39, 0.29) is 45.7 Å². The highest BCUT2D eigenvalue weighted by atomic mass is 32.2. The molecular weight excluding hydrogens is 658 g/mol. The standard InChI is InChI=1S/C33H31F4N3O7S/c1-32(2,3)47-31(43)25-13-17(10-11-38-25)22-15-23(26(46-4)16-24(22)34)29(41)40-28-19-9-8-18(12-19)27(28)30(42)39-20-6-5-7-21(14-20)48(44,45)33(35,36)37/h5-11,13-16,18-19,27-28H,12H2,1-4H3,(H,39,42)(H,40,41)/t18-,19+,27+,28-/m1/s1. The van der Waals surface area contributed by atoms with Crippen LogP contribution in [0.1, 0.15) is 48.0 Å². The van der Waals surface area contributed by atoms with Crippen LogP contribution in [0.5, 0.6) is 5.75 Å². The molecule has 1 heterocycles. The maximum absolute atomic E-state index is 15.3. The third-order valence-corrected chi connectivity index (χ3v) is 9.47. The van der Waals surface area contributed by atoms with Gasteiger partial charge < -0.3 is 20.1 Å². The molecule has 0 spiro atoms. The lowest BCUT2D eigenvalue weighted by molar-refractivity contribution is -0.121. The molecule has 2 amide bonds. The number of halogens is 4. The summed E-state index contributed by atoms with van der Waals surface area (Å²) >= 11 is 0. The number of rotatable bonds is 8. The lowest BCUT2D eigenvalue weighted by atomic mass is 9.87. The summed E-state index contributed by atoms with van der Waals surface area (Å²) in [6.45, 7) is 5.06. The van der Waals surface area contributed by atoms with Gasteiger partial charge in [-0.05, 0) is 81.0 Å². The number of carbonyl (C=O) groups excluding carboxylic acids is 3. The first-order valence-electron chi connectivity index (χ1n) is 14.7. The van der Waals surface area contributed by atoms with Crippen LogP contribution in [0.3, 0.4) is 0 Å². The summed E-state index contributed by atoms with van der Waals surface area (Å²) in [4.78, 5) is 42.8. The van der Waals surface area contributed by atoms with E-state index >= 15 is 4.39 Å². The average molecular weight is 690 g/mol. The predicted octanol–water partition coefficient (Wildman–Crippen LogP) is 5.70. The van der Waals surface area contributed by atoms with Gasteiger partial charge in [0.2, 0.25) is 5.91 Å². The second-order valence-electron chi connectivity index (χ2n) is 12.4. The van der Waals surface area contributed by atoms with E-state index in [0.717, 1.165) is 24.3 Å². The van der Waals surface area contributed by atoms with E-state index in [1.807, 2.05) is 12.2 Å². The quantitative estimate of drug-likeness (QED) is 0.174. The Morgan fingerprint density at radius 2 is 1.69 bits per heavy atom. The fourth-order valence-corrected chi connectivity index (χ4v) is 6.68. The summed E-state index contributed by atoms with van der Waals surface area (Å²) in [6, 6.07) is 8.10. The lowest BCUT2D eigenvalue weighted by Crippen LogP contribution is -2.47. The summed E-state index contributed by atoms with van der Waals surface area (Å²) in [5.74, 6) is -4.37. The van der Waals surface area contributed by atoms with Crippen LogP contribution in [-0.4, -0.2) is 55.4 Å². The summed E-state index contributed by atoms with van der Waals surface area (Å²) < 4.78 is 89.1. The molecule has 15 heteroatoms. The van der Waals surface area contributed by atoms with Crippen molar-refractivity contribution in [3.8, 4) is 16.9 Å². The summed E-state index contributed by atoms with van der Waals surface area (Å²) in [7, 11) is -4.40. The highest BCUT2D eigenvalue weighted by molar-refractivity contribution is 7.92. The molecule has 10 nitrogen and oxygen atoms in total. The Hall–Kier alpha value is -4.79. The van der Waals surface area contributed by atoms with Gasteiger partial charge in [-0.3, -0.25) is 9.59 Å². The third kappa shape index (κ3) is 6.91. The number of methoxy groups -OCH3 is 1. The minimum Gasteiger partial charge on any atom is -0.496 e. The van der Waals surface area contributed by atoms with Gasteiger partial charge in [0.15, 0.2) is 0 Å². The summed E-state index contributed by atoms with van der Waals surface area (Å²) in [6.07, 6.45) is 5.46. The van der Waals surface area contributed by atoms with E-state index in [9.17, 15) is 36.0 Å². The molecule has 2 N–H and O–H groups in total. The van der Waals surface area contributed by atoms with E-state index < -0.39 is 61.4 Å². The van der Waals surface area contributed by atoms with Gasteiger partial charge in [0.1, 0.15) is 22.9 Å². The Bertz CT molecular complexity index is 1920. The van der Waals surface area contributed by atoms with Crippen molar-refractivity contribution in [2.75, 3.05) is 12.4 Å². The number of benzene rings is 2. The molecule has 0 unspecified atom stereocenters. The largest absolute Gasteiger partial charge is 0.501 e. The molecule has 0 aliphatic heterocycles. The number of ether oxygens (including phenoxy) is 2. The highest BCUT2D eigenvalue weighted by Crippen LogP contribution is 2.45. The number of esters is 1. The van der Waals surface area contributed by atoms with Crippen molar-refractivity contribution >= 4 is 33.3 Å². The number of aromatic nitrogens is 1. The molecule has 2 bridgehead atoms. The predicted molar refractivity (Wildman–Crippen MR) is 165 cm³/mol. The van der Waals surface area contributed by atoms with Crippen molar-refractivity contribution in [3.05, 3.63) is 84.0 Å². The second kappa shape index (κ2) is 12.7. The zero-order valence-electron chi connectivity index (χ0n) is 26.1.